The Hall–Kier alpha value is -3.98. The van der Waals surface area contributed by atoms with Crippen LogP contribution in [0.4, 0.5) is 0 Å². The predicted octanol–water partition coefficient (Wildman–Crippen LogP) is 4.11. The maximum atomic E-state index is 13.3. The SMILES string of the molecule is CC(C)(C)OC(=O)C[C@H]1C/C=C\C[C@@H](CC(=O)N(CCO)Cc2ccccc2)C(=O)NC[C@H](c2ccccc2)OC1=O. The lowest BCUT2D eigenvalue weighted by Gasteiger charge is -2.26. The lowest BCUT2D eigenvalue weighted by molar-refractivity contribution is -0.164. The minimum absolute atomic E-state index is 0.00647. The number of hydrogen-bond donors (Lipinski definition) is 2. The number of esters is 2. The van der Waals surface area contributed by atoms with E-state index in [4.69, 9.17) is 9.47 Å². The lowest BCUT2D eigenvalue weighted by atomic mass is 9.96. The van der Waals surface area contributed by atoms with Crippen molar-refractivity contribution in [2.24, 2.45) is 11.8 Å². The van der Waals surface area contributed by atoms with Gasteiger partial charge in [0.05, 0.1) is 31.4 Å². The third kappa shape index (κ3) is 10.8. The summed E-state index contributed by atoms with van der Waals surface area (Å²) >= 11 is 0. The van der Waals surface area contributed by atoms with E-state index in [0.29, 0.717) is 12.1 Å². The Morgan fingerprint density at radius 3 is 2.19 bits per heavy atom. The van der Waals surface area contributed by atoms with Crippen LogP contribution in [0.2, 0.25) is 0 Å². The maximum Gasteiger partial charge on any atom is 0.310 e. The van der Waals surface area contributed by atoms with Gasteiger partial charge in [0.2, 0.25) is 11.8 Å². The summed E-state index contributed by atoms with van der Waals surface area (Å²) in [5, 5.41) is 12.5. The number of carbonyl (C=O) groups excluding carboxylic acids is 4. The first-order valence-corrected chi connectivity index (χ1v) is 14.4. The van der Waals surface area contributed by atoms with E-state index in [0.717, 1.165) is 5.56 Å². The molecule has 3 atom stereocenters. The quantitative estimate of drug-likeness (QED) is 0.339. The van der Waals surface area contributed by atoms with Crippen LogP contribution in [-0.2, 0) is 35.2 Å². The average Bonchev–Trinajstić information content (AvgIpc) is 2.95. The minimum Gasteiger partial charge on any atom is -0.460 e. The molecule has 0 spiro atoms. The maximum absolute atomic E-state index is 13.3. The van der Waals surface area contributed by atoms with Gasteiger partial charge in [0, 0.05) is 19.5 Å². The number of benzene rings is 2. The Bertz CT molecular complexity index is 1210. The van der Waals surface area contributed by atoms with E-state index >= 15 is 0 Å². The number of aliphatic hydroxyl groups excluding tert-OH is 1. The molecule has 1 aliphatic heterocycles. The lowest BCUT2D eigenvalue weighted by Crippen LogP contribution is -2.40. The summed E-state index contributed by atoms with van der Waals surface area (Å²) in [7, 11) is 0. The van der Waals surface area contributed by atoms with E-state index in [2.05, 4.69) is 5.32 Å². The van der Waals surface area contributed by atoms with Gasteiger partial charge >= 0.3 is 11.9 Å². The van der Waals surface area contributed by atoms with Gasteiger partial charge in [0.1, 0.15) is 11.7 Å². The fourth-order valence-corrected chi connectivity index (χ4v) is 4.68. The molecule has 0 saturated carbocycles. The van der Waals surface area contributed by atoms with Crippen molar-refractivity contribution in [3.63, 3.8) is 0 Å². The molecule has 9 nitrogen and oxygen atoms in total. The number of allylic oxidation sites excluding steroid dienone is 2. The van der Waals surface area contributed by atoms with Crippen molar-refractivity contribution in [1.82, 2.24) is 10.2 Å². The molecule has 0 saturated heterocycles. The molecule has 2 amide bonds. The third-order valence-corrected chi connectivity index (χ3v) is 6.80. The topological polar surface area (TPSA) is 122 Å². The van der Waals surface area contributed by atoms with Crippen molar-refractivity contribution in [1.29, 1.82) is 0 Å². The van der Waals surface area contributed by atoms with Crippen LogP contribution < -0.4 is 5.32 Å². The van der Waals surface area contributed by atoms with Gasteiger partial charge in [-0.15, -0.1) is 0 Å². The van der Waals surface area contributed by atoms with E-state index in [1.807, 2.05) is 48.5 Å². The molecule has 1 aliphatic rings. The molecular weight excluding hydrogens is 536 g/mol. The van der Waals surface area contributed by atoms with Gasteiger partial charge in [-0.3, -0.25) is 19.2 Å². The first kappa shape index (κ1) is 32.5. The second kappa shape index (κ2) is 15.9. The summed E-state index contributed by atoms with van der Waals surface area (Å²) in [5.74, 6) is -3.09. The standard InChI is InChI=1S/C33H42N2O7/c1-33(2,3)42-30(38)21-27-17-11-10-16-26(20-29(37)35(18-19-36)23-24-12-6-4-7-13-24)31(39)34-22-28(41-32(27)40)25-14-8-5-9-15-25/h4-15,26-28,36H,16-23H2,1-3H3,(H,34,39)/b11-10-/t26-,27+,28+/m0/s1. The monoisotopic (exact) mass is 578 g/mol. The molecule has 3 rings (SSSR count). The third-order valence-electron chi connectivity index (χ3n) is 6.80. The van der Waals surface area contributed by atoms with Crippen molar-refractivity contribution in [2.75, 3.05) is 19.7 Å². The Balaban J connectivity index is 1.81. The molecule has 1 heterocycles. The van der Waals surface area contributed by atoms with Gasteiger partial charge in [0.15, 0.2) is 0 Å². The second-order valence-corrected chi connectivity index (χ2v) is 11.4. The number of amides is 2. The minimum atomic E-state index is -0.785. The van der Waals surface area contributed by atoms with Gasteiger partial charge in [-0.1, -0.05) is 72.8 Å². The molecule has 2 aromatic carbocycles. The van der Waals surface area contributed by atoms with Gasteiger partial charge < -0.3 is 24.8 Å². The van der Waals surface area contributed by atoms with Crippen LogP contribution in [0.3, 0.4) is 0 Å². The smallest absolute Gasteiger partial charge is 0.310 e. The number of rotatable bonds is 9. The van der Waals surface area contributed by atoms with Gasteiger partial charge in [-0.2, -0.15) is 0 Å². The van der Waals surface area contributed by atoms with E-state index in [1.165, 1.54) is 0 Å². The molecular formula is C33H42N2O7. The zero-order chi connectivity index (χ0) is 30.5. The Labute approximate surface area is 247 Å². The van der Waals surface area contributed by atoms with Crippen molar-refractivity contribution < 1.29 is 33.8 Å². The number of nitrogens with zero attached hydrogens (tertiary/aromatic N) is 1. The number of ether oxygens (including phenoxy) is 2. The molecule has 0 fully saturated rings. The zero-order valence-electron chi connectivity index (χ0n) is 24.7. The van der Waals surface area contributed by atoms with E-state index < -0.39 is 35.5 Å². The second-order valence-electron chi connectivity index (χ2n) is 11.4. The first-order chi connectivity index (χ1) is 20.1. The summed E-state index contributed by atoms with van der Waals surface area (Å²) in [4.78, 5) is 54.1. The van der Waals surface area contributed by atoms with Crippen LogP contribution in [-0.4, -0.2) is 59.1 Å². The highest BCUT2D eigenvalue weighted by Crippen LogP contribution is 2.24. The fraction of sp³-hybridized carbons (Fsp3) is 0.455. The van der Waals surface area contributed by atoms with E-state index in [9.17, 15) is 24.3 Å². The number of hydrogen-bond acceptors (Lipinski definition) is 7. The highest BCUT2D eigenvalue weighted by atomic mass is 16.6. The number of cyclic esters (lactones) is 1. The Morgan fingerprint density at radius 1 is 0.952 bits per heavy atom. The Morgan fingerprint density at radius 2 is 1.57 bits per heavy atom. The molecule has 0 aliphatic carbocycles. The average molecular weight is 579 g/mol. The highest BCUT2D eigenvalue weighted by Gasteiger charge is 2.30. The summed E-state index contributed by atoms with van der Waals surface area (Å²) in [5.41, 5.74) is 0.925. The van der Waals surface area contributed by atoms with E-state index in [-0.39, 0.29) is 57.2 Å². The summed E-state index contributed by atoms with van der Waals surface area (Å²) in [6, 6.07) is 18.5. The van der Waals surface area contributed by atoms with Gasteiger partial charge in [0.25, 0.3) is 0 Å². The van der Waals surface area contributed by atoms with Crippen molar-refractivity contribution in [2.45, 2.75) is 64.7 Å². The first-order valence-electron chi connectivity index (χ1n) is 14.4. The zero-order valence-corrected chi connectivity index (χ0v) is 24.7. The number of aliphatic hydroxyl groups is 1. The molecule has 2 aromatic rings. The molecule has 0 aromatic heterocycles. The molecule has 9 heteroatoms. The molecule has 2 N–H and O–H groups in total. The van der Waals surface area contributed by atoms with Crippen molar-refractivity contribution >= 4 is 23.8 Å². The van der Waals surface area contributed by atoms with Crippen molar-refractivity contribution in [3.05, 3.63) is 83.9 Å². The van der Waals surface area contributed by atoms with Gasteiger partial charge in [-0.25, -0.2) is 0 Å². The molecule has 226 valence electrons. The van der Waals surface area contributed by atoms with Crippen LogP contribution in [0, 0.1) is 11.8 Å². The fourth-order valence-electron chi connectivity index (χ4n) is 4.68. The van der Waals surface area contributed by atoms with Gasteiger partial charge in [-0.05, 0) is 44.7 Å². The molecule has 42 heavy (non-hydrogen) atoms. The normalized spacial score (nSPS) is 20.7. The molecule has 0 radical (unpaired) electrons. The van der Waals surface area contributed by atoms with Crippen LogP contribution >= 0.6 is 0 Å². The van der Waals surface area contributed by atoms with Crippen molar-refractivity contribution in [3.8, 4) is 0 Å². The summed E-state index contributed by atoms with van der Waals surface area (Å²) in [6.45, 7) is 5.58. The highest BCUT2D eigenvalue weighted by molar-refractivity contribution is 5.86. The largest absolute Gasteiger partial charge is 0.460 e. The van der Waals surface area contributed by atoms with E-state index in [1.54, 1.807) is 50.0 Å². The predicted molar refractivity (Wildman–Crippen MR) is 158 cm³/mol. The van der Waals surface area contributed by atoms with Crippen LogP contribution in [0.1, 0.15) is 63.7 Å². The molecule has 0 unspecified atom stereocenters. The van der Waals surface area contributed by atoms with Crippen LogP contribution in [0.15, 0.2) is 72.8 Å². The number of carbonyl (C=O) groups is 4. The van der Waals surface area contributed by atoms with Crippen LogP contribution in [0.25, 0.3) is 0 Å². The summed E-state index contributed by atoms with van der Waals surface area (Å²) in [6.07, 6.45) is 3.00. The number of nitrogens with one attached hydrogen (secondary N) is 1. The molecule has 0 bridgehead atoms. The summed E-state index contributed by atoms with van der Waals surface area (Å²) < 4.78 is 11.3. The van der Waals surface area contributed by atoms with Crippen LogP contribution in [0.5, 0.6) is 0 Å². The Kier molecular flexibility index (Phi) is 12.3.